The average molecular weight is 674 g/mol. The van der Waals surface area contributed by atoms with Gasteiger partial charge in [-0.1, -0.05) is 54.4 Å². The van der Waals surface area contributed by atoms with Crippen LogP contribution in [-0.4, -0.2) is 44.8 Å². The number of hydrogen-bond donors (Lipinski definition) is 1. The maximum Gasteiger partial charge on any atom is 0.264 e. The van der Waals surface area contributed by atoms with E-state index in [1.165, 1.54) is 24.1 Å². The Morgan fingerprint density at radius 1 is 0.946 bits per heavy atom. The Hall–Kier alpha value is -2.34. The molecule has 3 aromatic rings. The molecule has 0 radical (unpaired) electrons. The molecule has 7 nitrogen and oxygen atoms in total. The highest BCUT2D eigenvalue weighted by Crippen LogP contribution is 2.29. The summed E-state index contributed by atoms with van der Waals surface area (Å²) in [6.07, 6.45) is 0.294. The second kappa shape index (κ2) is 12.9. The Morgan fingerprint density at radius 2 is 1.54 bits per heavy atom. The third kappa shape index (κ3) is 6.95. The molecule has 0 aromatic heterocycles. The minimum atomic E-state index is -4.11. The number of hydrogen-bond acceptors (Lipinski definition) is 4. The Bertz CT molecular complexity index is 1340. The Morgan fingerprint density at radius 3 is 2.08 bits per heavy atom. The second-order valence-corrected chi connectivity index (χ2v) is 12.0. The zero-order valence-corrected chi connectivity index (χ0v) is 24.7. The van der Waals surface area contributed by atoms with Crippen molar-refractivity contribution >= 4 is 73.3 Å². The van der Waals surface area contributed by atoms with Crippen molar-refractivity contribution in [1.82, 2.24) is 10.2 Å². The van der Waals surface area contributed by atoms with E-state index in [1.807, 2.05) is 0 Å². The highest BCUT2D eigenvalue weighted by Gasteiger charge is 2.34. The van der Waals surface area contributed by atoms with Gasteiger partial charge in [0.25, 0.3) is 10.0 Å². The molecular weight excluding hydrogens is 648 g/mol. The molecule has 0 saturated heterocycles. The Kier molecular flexibility index (Phi) is 10.2. The molecular formula is C26H26Cl2IN3O4S. The second-order valence-electron chi connectivity index (χ2n) is 8.06. The summed E-state index contributed by atoms with van der Waals surface area (Å²) in [6, 6.07) is 18.8. The van der Waals surface area contributed by atoms with Crippen molar-refractivity contribution in [2.45, 2.75) is 30.8 Å². The molecule has 0 aliphatic rings. The van der Waals surface area contributed by atoms with Gasteiger partial charge in [0, 0.05) is 32.8 Å². The molecule has 3 aromatic carbocycles. The van der Waals surface area contributed by atoms with Crippen LogP contribution in [0.15, 0.2) is 77.7 Å². The molecule has 37 heavy (non-hydrogen) atoms. The van der Waals surface area contributed by atoms with Crippen molar-refractivity contribution in [2.24, 2.45) is 0 Å². The van der Waals surface area contributed by atoms with Gasteiger partial charge < -0.3 is 10.2 Å². The molecule has 0 spiro atoms. The van der Waals surface area contributed by atoms with E-state index in [0.717, 1.165) is 7.88 Å². The maximum absolute atomic E-state index is 13.9. The number of likely N-dealkylation sites (N-methyl/N-ethyl adjacent to an activating group) is 1. The fraction of sp³-hybridized carbons (Fsp3) is 0.231. The predicted octanol–water partition coefficient (Wildman–Crippen LogP) is 5.35. The minimum Gasteiger partial charge on any atom is -0.357 e. The number of rotatable bonds is 10. The van der Waals surface area contributed by atoms with Crippen molar-refractivity contribution in [2.75, 3.05) is 17.9 Å². The fourth-order valence-electron chi connectivity index (χ4n) is 3.80. The number of benzene rings is 3. The molecule has 0 aliphatic heterocycles. The first-order valence-electron chi connectivity index (χ1n) is 11.4. The van der Waals surface area contributed by atoms with Crippen LogP contribution in [0.4, 0.5) is 5.69 Å². The minimum absolute atomic E-state index is 0.0420. The number of amides is 2. The number of nitrogens with one attached hydrogen (secondary N) is 1. The average Bonchev–Trinajstić information content (AvgIpc) is 2.89. The van der Waals surface area contributed by atoms with Gasteiger partial charge >= 0.3 is 0 Å². The SMILES string of the molecule is CC[C@@H](C(=O)NC)N(Cc1c(Cl)cccc1Cl)C(=O)CN(c1ccc(I)cc1)S(=O)(=O)c1ccccc1. The zero-order chi connectivity index (χ0) is 27.2. The van der Waals surface area contributed by atoms with Gasteiger partial charge in [-0.05, 0) is 77.5 Å². The van der Waals surface area contributed by atoms with Gasteiger partial charge in [0.2, 0.25) is 11.8 Å². The van der Waals surface area contributed by atoms with E-state index < -0.39 is 28.5 Å². The maximum atomic E-state index is 13.9. The molecule has 1 atom stereocenters. The molecule has 1 N–H and O–H groups in total. The van der Waals surface area contributed by atoms with E-state index in [1.54, 1.807) is 67.6 Å². The standard InChI is InChI=1S/C26H26Cl2IN3O4S/c1-3-24(26(34)30-2)31(16-21-22(27)10-7-11-23(21)28)25(33)17-32(19-14-12-18(29)13-15-19)37(35,36)20-8-5-4-6-9-20/h4-15,24H,3,16-17H2,1-2H3,(H,30,34)/t24-/m0/s1. The van der Waals surface area contributed by atoms with Crippen LogP contribution in [-0.2, 0) is 26.2 Å². The van der Waals surface area contributed by atoms with Crippen molar-refractivity contribution < 1.29 is 18.0 Å². The summed E-state index contributed by atoms with van der Waals surface area (Å²) in [5.74, 6) is -0.963. The number of anilines is 1. The zero-order valence-electron chi connectivity index (χ0n) is 20.2. The molecule has 0 heterocycles. The van der Waals surface area contributed by atoms with Gasteiger partial charge in [0.1, 0.15) is 12.6 Å². The first kappa shape index (κ1) is 29.2. The van der Waals surface area contributed by atoms with E-state index in [2.05, 4.69) is 27.9 Å². The largest absolute Gasteiger partial charge is 0.357 e. The lowest BCUT2D eigenvalue weighted by Gasteiger charge is -2.33. The molecule has 11 heteroatoms. The molecule has 0 bridgehead atoms. The van der Waals surface area contributed by atoms with Crippen LogP contribution in [0, 0.1) is 3.57 Å². The molecule has 2 amide bonds. The van der Waals surface area contributed by atoms with Crippen molar-refractivity contribution in [3.8, 4) is 0 Å². The summed E-state index contributed by atoms with van der Waals surface area (Å²) in [7, 11) is -2.63. The quantitative estimate of drug-likeness (QED) is 0.294. The summed E-state index contributed by atoms with van der Waals surface area (Å²) in [4.78, 5) is 28.0. The number of sulfonamides is 1. The van der Waals surface area contributed by atoms with Crippen LogP contribution in [0.1, 0.15) is 18.9 Å². The Labute approximate surface area is 240 Å². The summed E-state index contributed by atoms with van der Waals surface area (Å²) < 4.78 is 29.4. The van der Waals surface area contributed by atoms with E-state index in [4.69, 9.17) is 23.2 Å². The van der Waals surface area contributed by atoms with Crippen LogP contribution < -0.4 is 9.62 Å². The lowest BCUT2D eigenvalue weighted by atomic mass is 10.1. The van der Waals surface area contributed by atoms with Crippen molar-refractivity contribution in [3.05, 3.63) is 92.0 Å². The number of carbonyl (C=O) groups excluding carboxylic acids is 2. The van der Waals surface area contributed by atoms with Crippen LogP contribution in [0.5, 0.6) is 0 Å². The van der Waals surface area contributed by atoms with Gasteiger partial charge in [-0.25, -0.2) is 8.42 Å². The first-order chi connectivity index (χ1) is 17.6. The third-order valence-electron chi connectivity index (χ3n) is 5.75. The smallest absolute Gasteiger partial charge is 0.264 e. The highest BCUT2D eigenvalue weighted by molar-refractivity contribution is 14.1. The molecule has 3 rings (SSSR count). The van der Waals surface area contributed by atoms with Gasteiger partial charge in [-0.2, -0.15) is 0 Å². The van der Waals surface area contributed by atoms with Gasteiger partial charge in [0.05, 0.1) is 10.6 Å². The van der Waals surface area contributed by atoms with Gasteiger partial charge in [0.15, 0.2) is 0 Å². The monoisotopic (exact) mass is 673 g/mol. The number of carbonyl (C=O) groups is 2. The molecule has 0 unspecified atom stereocenters. The Balaban J connectivity index is 2.08. The molecule has 0 saturated carbocycles. The van der Waals surface area contributed by atoms with E-state index in [0.29, 0.717) is 27.7 Å². The van der Waals surface area contributed by atoms with Gasteiger partial charge in [-0.15, -0.1) is 0 Å². The van der Waals surface area contributed by atoms with E-state index >= 15 is 0 Å². The lowest BCUT2D eigenvalue weighted by Crippen LogP contribution is -2.51. The molecule has 0 fully saturated rings. The summed E-state index contributed by atoms with van der Waals surface area (Å²) in [5.41, 5.74) is 0.787. The first-order valence-corrected chi connectivity index (χ1v) is 14.6. The van der Waals surface area contributed by atoms with E-state index in [-0.39, 0.29) is 17.3 Å². The van der Waals surface area contributed by atoms with Gasteiger partial charge in [-0.3, -0.25) is 13.9 Å². The normalized spacial score (nSPS) is 12.0. The highest BCUT2D eigenvalue weighted by atomic mass is 127. The van der Waals surface area contributed by atoms with Crippen molar-refractivity contribution in [3.63, 3.8) is 0 Å². The summed E-state index contributed by atoms with van der Waals surface area (Å²) >= 11 is 14.9. The fourth-order valence-corrected chi connectivity index (χ4v) is 6.11. The lowest BCUT2D eigenvalue weighted by molar-refractivity contribution is -0.140. The van der Waals surface area contributed by atoms with Crippen LogP contribution in [0.3, 0.4) is 0 Å². The predicted molar refractivity (Wildman–Crippen MR) is 155 cm³/mol. The summed E-state index contributed by atoms with van der Waals surface area (Å²) in [6.45, 7) is 1.16. The van der Waals surface area contributed by atoms with Crippen LogP contribution >= 0.6 is 45.8 Å². The third-order valence-corrected chi connectivity index (χ3v) is 8.96. The number of halogens is 3. The van der Waals surface area contributed by atoms with Crippen LogP contribution in [0.2, 0.25) is 10.0 Å². The van der Waals surface area contributed by atoms with E-state index in [9.17, 15) is 18.0 Å². The summed E-state index contributed by atoms with van der Waals surface area (Å²) in [5, 5.41) is 3.26. The van der Waals surface area contributed by atoms with Crippen molar-refractivity contribution in [1.29, 1.82) is 0 Å². The number of nitrogens with zero attached hydrogens (tertiary/aromatic N) is 2. The molecule has 196 valence electrons. The topological polar surface area (TPSA) is 86.8 Å². The molecule has 0 aliphatic carbocycles. The van der Waals surface area contributed by atoms with Crippen LogP contribution in [0.25, 0.3) is 0 Å².